The number of hydrogen-bond donors (Lipinski definition) is 1. The molecular formula is C10H12FN3S. The van der Waals surface area contributed by atoms with Crippen molar-refractivity contribution in [3.05, 3.63) is 24.0 Å². The molecule has 0 amide bonds. The zero-order chi connectivity index (χ0) is 10.8. The Kier molecular flexibility index (Phi) is 2.83. The Morgan fingerprint density at radius 1 is 1.53 bits per heavy atom. The van der Waals surface area contributed by atoms with E-state index in [1.807, 2.05) is 11.9 Å². The predicted octanol–water partition coefficient (Wildman–Crippen LogP) is 1.83. The van der Waals surface area contributed by atoms with Crippen LogP contribution in [0.3, 0.4) is 0 Å². The van der Waals surface area contributed by atoms with Crippen LogP contribution in [0.25, 0.3) is 10.2 Å². The first-order valence-corrected chi connectivity index (χ1v) is 5.49. The molecule has 15 heavy (non-hydrogen) atoms. The summed E-state index contributed by atoms with van der Waals surface area (Å²) < 4.78 is 13.8. The minimum absolute atomic E-state index is 0.223. The quantitative estimate of drug-likeness (QED) is 0.866. The molecule has 0 aliphatic heterocycles. The summed E-state index contributed by atoms with van der Waals surface area (Å²) in [6.45, 7) is 1.34. The zero-order valence-electron chi connectivity index (χ0n) is 8.40. The summed E-state index contributed by atoms with van der Waals surface area (Å²) in [6.07, 6.45) is 0. The van der Waals surface area contributed by atoms with Crippen molar-refractivity contribution in [3.63, 3.8) is 0 Å². The van der Waals surface area contributed by atoms with Gasteiger partial charge in [0.2, 0.25) is 0 Å². The van der Waals surface area contributed by atoms with E-state index in [1.54, 1.807) is 6.07 Å². The van der Waals surface area contributed by atoms with Crippen molar-refractivity contribution in [3.8, 4) is 0 Å². The standard InChI is InChI=1S/C10H12FN3S/c1-14(5-4-12)10-13-8-3-2-7(11)6-9(8)15-10/h2-3,6H,4-5,12H2,1H3. The molecule has 0 saturated carbocycles. The van der Waals surface area contributed by atoms with Crippen LogP contribution in [0.5, 0.6) is 0 Å². The lowest BCUT2D eigenvalue weighted by atomic mass is 10.3. The van der Waals surface area contributed by atoms with E-state index in [2.05, 4.69) is 4.98 Å². The van der Waals surface area contributed by atoms with E-state index in [0.29, 0.717) is 6.54 Å². The summed E-state index contributed by atoms with van der Waals surface area (Å²) in [4.78, 5) is 6.37. The lowest BCUT2D eigenvalue weighted by Crippen LogP contribution is -2.24. The van der Waals surface area contributed by atoms with Gasteiger partial charge in [-0.05, 0) is 18.2 Å². The van der Waals surface area contributed by atoms with Crippen molar-refractivity contribution >= 4 is 26.7 Å². The second-order valence-corrected chi connectivity index (χ2v) is 4.33. The van der Waals surface area contributed by atoms with E-state index in [4.69, 9.17) is 5.73 Å². The fourth-order valence-corrected chi connectivity index (χ4v) is 2.32. The van der Waals surface area contributed by atoms with Crippen molar-refractivity contribution in [1.29, 1.82) is 0 Å². The first-order valence-electron chi connectivity index (χ1n) is 4.68. The van der Waals surface area contributed by atoms with Gasteiger partial charge in [-0.25, -0.2) is 9.37 Å². The third-order valence-corrected chi connectivity index (χ3v) is 3.26. The molecule has 1 aromatic heterocycles. The number of likely N-dealkylation sites (N-methyl/N-ethyl adjacent to an activating group) is 1. The van der Waals surface area contributed by atoms with Gasteiger partial charge in [-0.2, -0.15) is 0 Å². The van der Waals surface area contributed by atoms with Gasteiger partial charge in [0.15, 0.2) is 5.13 Å². The molecule has 0 bridgehead atoms. The van der Waals surface area contributed by atoms with Gasteiger partial charge in [0.05, 0.1) is 10.2 Å². The summed E-state index contributed by atoms with van der Waals surface area (Å²) in [5, 5.41) is 0.876. The lowest BCUT2D eigenvalue weighted by Gasteiger charge is -2.12. The minimum Gasteiger partial charge on any atom is -0.350 e. The summed E-state index contributed by atoms with van der Waals surface area (Å²) in [7, 11) is 1.93. The van der Waals surface area contributed by atoms with Crippen molar-refractivity contribution in [2.24, 2.45) is 5.73 Å². The molecular weight excluding hydrogens is 213 g/mol. The van der Waals surface area contributed by atoms with Gasteiger partial charge in [-0.15, -0.1) is 0 Å². The molecule has 80 valence electrons. The molecule has 0 saturated heterocycles. The molecule has 0 aliphatic carbocycles. The maximum atomic E-state index is 12.9. The number of halogens is 1. The second-order valence-electron chi connectivity index (χ2n) is 3.32. The molecule has 2 rings (SSSR count). The van der Waals surface area contributed by atoms with Crippen LogP contribution >= 0.6 is 11.3 Å². The van der Waals surface area contributed by atoms with Gasteiger partial charge in [0, 0.05) is 20.1 Å². The number of benzene rings is 1. The Morgan fingerprint density at radius 3 is 3.07 bits per heavy atom. The lowest BCUT2D eigenvalue weighted by molar-refractivity contribution is 0.630. The highest BCUT2D eigenvalue weighted by atomic mass is 32.1. The number of nitrogens with zero attached hydrogens (tertiary/aromatic N) is 2. The average molecular weight is 225 g/mol. The van der Waals surface area contributed by atoms with Crippen LogP contribution in [0.4, 0.5) is 9.52 Å². The van der Waals surface area contributed by atoms with Crippen LogP contribution in [0.1, 0.15) is 0 Å². The van der Waals surface area contributed by atoms with E-state index in [0.717, 1.165) is 21.9 Å². The van der Waals surface area contributed by atoms with Gasteiger partial charge < -0.3 is 10.6 Å². The van der Waals surface area contributed by atoms with E-state index >= 15 is 0 Å². The highest BCUT2D eigenvalue weighted by molar-refractivity contribution is 7.22. The van der Waals surface area contributed by atoms with E-state index in [9.17, 15) is 4.39 Å². The monoisotopic (exact) mass is 225 g/mol. The Balaban J connectivity index is 2.38. The smallest absolute Gasteiger partial charge is 0.186 e. The third-order valence-electron chi connectivity index (χ3n) is 2.13. The van der Waals surface area contributed by atoms with E-state index < -0.39 is 0 Å². The van der Waals surface area contributed by atoms with Crippen LogP contribution in [-0.4, -0.2) is 25.1 Å². The molecule has 2 aromatic rings. The van der Waals surface area contributed by atoms with Crippen LogP contribution in [0.2, 0.25) is 0 Å². The molecule has 1 aromatic carbocycles. The number of thiazole rings is 1. The topological polar surface area (TPSA) is 42.1 Å². The van der Waals surface area contributed by atoms with Crippen LogP contribution < -0.4 is 10.6 Å². The van der Waals surface area contributed by atoms with Crippen molar-refractivity contribution in [2.75, 3.05) is 25.0 Å². The Hall–Kier alpha value is -1.20. The Morgan fingerprint density at radius 2 is 2.33 bits per heavy atom. The number of anilines is 1. The largest absolute Gasteiger partial charge is 0.350 e. The Bertz CT molecular complexity index is 469. The van der Waals surface area contributed by atoms with Crippen LogP contribution in [0.15, 0.2) is 18.2 Å². The SMILES string of the molecule is CN(CCN)c1nc2ccc(F)cc2s1. The first-order chi connectivity index (χ1) is 7.20. The number of hydrogen-bond acceptors (Lipinski definition) is 4. The molecule has 0 unspecified atom stereocenters. The fraction of sp³-hybridized carbons (Fsp3) is 0.300. The summed E-state index contributed by atoms with van der Waals surface area (Å²) in [5.74, 6) is -0.223. The maximum absolute atomic E-state index is 12.9. The molecule has 0 radical (unpaired) electrons. The van der Waals surface area contributed by atoms with Crippen molar-refractivity contribution in [2.45, 2.75) is 0 Å². The molecule has 5 heteroatoms. The fourth-order valence-electron chi connectivity index (χ4n) is 1.34. The average Bonchev–Trinajstić information content (AvgIpc) is 2.60. The van der Waals surface area contributed by atoms with Gasteiger partial charge in [0.1, 0.15) is 5.82 Å². The molecule has 0 atom stereocenters. The van der Waals surface area contributed by atoms with E-state index in [1.165, 1.54) is 23.5 Å². The summed E-state index contributed by atoms with van der Waals surface area (Å²) in [5.41, 5.74) is 6.29. The number of aromatic nitrogens is 1. The van der Waals surface area contributed by atoms with Gasteiger partial charge in [0.25, 0.3) is 0 Å². The zero-order valence-corrected chi connectivity index (χ0v) is 9.22. The van der Waals surface area contributed by atoms with Crippen molar-refractivity contribution < 1.29 is 4.39 Å². The number of rotatable bonds is 3. The summed E-state index contributed by atoms with van der Waals surface area (Å²) in [6, 6.07) is 4.63. The first kappa shape index (κ1) is 10.3. The molecule has 3 nitrogen and oxygen atoms in total. The molecule has 0 aliphatic rings. The highest BCUT2D eigenvalue weighted by Crippen LogP contribution is 2.28. The molecule has 0 fully saturated rings. The predicted molar refractivity (Wildman–Crippen MR) is 61.9 cm³/mol. The maximum Gasteiger partial charge on any atom is 0.186 e. The minimum atomic E-state index is -0.223. The van der Waals surface area contributed by atoms with Gasteiger partial charge in [-0.1, -0.05) is 11.3 Å². The van der Waals surface area contributed by atoms with Crippen molar-refractivity contribution in [1.82, 2.24) is 4.98 Å². The number of fused-ring (bicyclic) bond motifs is 1. The van der Waals surface area contributed by atoms with Crippen LogP contribution in [0, 0.1) is 5.82 Å². The molecule has 0 spiro atoms. The molecule has 2 N–H and O–H groups in total. The van der Waals surface area contributed by atoms with Gasteiger partial charge >= 0.3 is 0 Å². The molecule has 1 heterocycles. The van der Waals surface area contributed by atoms with Crippen LogP contribution in [-0.2, 0) is 0 Å². The highest BCUT2D eigenvalue weighted by Gasteiger charge is 2.07. The third kappa shape index (κ3) is 2.08. The van der Waals surface area contributed by atoms with E-state index in [-0.39, 0.29) is 5.82 Å². The van der Waals surface area contributed by atoms with Gasteiger partial charge in [-0.3, -0.25) is 0 Å². The second kappa shape index (κ2) is 4.12. The number of nitrogens with two attached hydrogens (primary N) is 1. The normalized spacial score (nSPS) is 10.9. The summed E-state index contributed by atoms with van der Waals surface area (Å²) >= 11 is 1.48. The Labute approximate surface area is 91.3 Å².